The summed E-state index contributed by atoms with van der Waals surface area (Å²) in [6.07, 6.45) is 1.76. The predicted molar refractivity (Wildman–Crippen MR) is 106 cm³/mol. The van der Waals surface area contributed by atoms with Gasteiger partial charge >= 0.3 is 0 Å². The second-order valence-corrected chi connectivity index (χ2v) is 6.73. The zero-order chi connectivity index (χ0) is 19.4. The number of nitrogens with zero attached hydrogens (tertiary/aromatic N) is 3. The molecule has 2 heterocycles. The SMILES string of the molecule is CCN(C(=O)c1nc(C(=O)NCC(C)C)c2ccccn12)c1ccccc1. The fraction of sp³-hybridized carbons (Fsp3) is 0.286. The summed E-state index contributed by atoms with van der Waals surface area (Å²) in [5, 5.41) is 2.88. The number of imidazole rings is 1. The first-order valence-electron chi connectivity index (χ1n) is 9.15. The van der Waals surface area contributed by atoms with Gasteiger partial charge in [-0.3, -0.25) is 14.0 Å². The lowest BCUT2D eigenvalue weighted by Gasteiger charge is -2.20. The summed E-state index contributed by atoms with van der Waals surface area (Å²) in [6, 6.07) is 14.9. The van der Waals surface area contributed by atoms with Crippen molar-refractivity contribution < 1.29 is 9.59 Å². The molecule has 6 nitrogen and oxygen atoms in total. The van der Waals surface area contributed by atoms with Crippen LogP contribution in [0, 0.1) is 5.92 Å². The maximum Gasteiger partial charge on any atom is 0.294 e. The molecule has 0 unspecified atom stereocenters. The number of carbonyl (C=O) groups is 2. The normalized spacial score (nSPS) is 11.0. The van der Waals surface area contributed by atoms with Crippen molar-refractivity contribution in [3.63, 3.8) is 0 Å². The maximum atomic E-state index is 13.2. The van der Waals surface area contributed by atoms with Gasteiger partial charge in [0.1, 0.15) is 0 Å². The van der Waals surface area contributed by atoms with Crippen LogP contribution in [0.3, 0.4) is 0 Å². The second kappa shape index (κ2) is 8.03. The molecular weight excluding hydrogens is 340 g/mol. The molecule has 0 atom stereocenters. The summed E-state index contributed by atoms with van der Waals surface area (Å²) >= 11 is 0. The Morgan fingerprint density at radius 1 is 1.11 bits per heavy atom. The number of aromatic nitrogens is 2. The van der Waals surface area contributed by atoms with Crippen LogP contribution in [-0.4, -0.2) is 34.3 Å². The zero-order valence-corrected chi connectivity index (χ0v) is 15.8. The van der Waals surface area contributed by atoms with E-state index in [1.807, 2.05) is 63.2 Å². The number of anilines is 1. The molecule has 0 bridgehead atoms. The number of rotatable bonds is 6. The molecule has 0 fully saturated rings. The van der Waals surface area contributed by atoms with E-state index < -0.39 is 0 Å². The summed E-state index contributed by atoms with van der Waals surface area (Å²) in [7, 11) is 0. The lowest BCUT2D eigenvalue weighted by molar-refractivity contribution is 0.0946. The van der Waals surface area contributed by atoms with Crippen molar-refractivity contribution in [3.8, 4) is 0 Å². The summed E-state index contributed by atoms with van der Waals surface area (Å²) in [5.74, 6) is 0.0469. The molecular formula is C21H24N4O2. The predicted octanol–water partition coefficient (Wildman–Crippen LogP) is 3.39. The molecule has 0 radical (unpaired) electrons. The monoisotopic (exact) mass is 364 g/mol. The van der Waals surface area contributed by atoms with Gasteiger partial charge < -0.3 is 10.2 Å². The Morgan fingerprint density at radius 3 is 2.48 bits per heavy atom. The number of hydrogen-bond donors (Lipinski definition) is 1. The molecule has 0 aliphatic rings. The van der Waals surface area contributed by atoms with Crippen LogP contribution in [0.25, 0.3) is 5.52 Å². The van der Waals surface area contributed by atoms with Gasteiger partial charge in [-0.15, -0.1) is 0 Å². The van der Waals surface area contributed by atoms with Crippen LogP contribution >= 0.6 is 0 Å². The first-order valence-corrected chi connectivity index (χ1v) is 9.15. The Hall–Kier alpha value is -3.15. The highest BCUT2D eigenvalue weighted by molar-refractivity contribution is 6.07. The molecule has 1 N–H and O–H groups in total. The van der Waals surface area contributed by atoms with Gasteiger partial charge in [-0.25, -0.2) is 4.98 Å². The van der Waals surface area contributed by atoms with Crippen LogP contribution in [0.4, 0.5) is 5.69 Å². The minimum atomic E-state index is -0.269. The molecule has 0 spiro atoms. The van der Waals surface area contributed by atoms with Crippen LogP contribution in [0.2, 0.25) is 0 Å². The minimum absolute atomic E-state index is 0.228. The Bertz CT molecular complexity index is 947. The van der Waals surface area contributed by atoms with E-state index in [1.54, 1.807) is 21.6 Å². The second-order valence-electron chi connectivity index (χ2n) is 6.73. The number of nitrogens with one attached hydrogen (secondary N) is 1. The van der Waals surface area contributed by atoms with E-state index in [-0.39, 0.29) is 23.3 Å². The molecule has 0 saturated carbocycles. The lowest BCUT2D eigenvalue weighted by atomic mass is 10.2. The third-order valence-corrected chi connectivity index (χ3v) is 4.25. The molecule has 6 heteroatoms. The largest absolute Gasteiger partial charge is 0.350 e. The topological polar surface area (TPSA) is 66.7 Å². The van der Waals surface area contributed by atoms with Crippen molar-refractivity contribution in [2.45, 2.75) is 20.8 Å². The number of fused-ring (bicyclic) bond motifs is 1. The number of para-hydroxylation sites is 1. The van der Waals surface area contributed by atoms with E-state index in [4.69, 9.17) is 0 Å². The number of pyridine rings is 1. The Labute approximate surface area is 158 Å². The van der Waals surface area contributed by atoms with Gasteiger partial charge in [0.2, 0.25) is 5.82 Å². The molecule has 2 amide bonds. The van der Waals surface area contributed by atoms with Crippen molar-refractivity contribution >= 4 is 23.0 Å². The van der Waals surface area contributed by atoms with E-state index in [0.717, 1.165) is 5.69 Å². The first-order chi connectivity index (χ1) is 13.0. The van der Waals surface area contributed by atoms with Crippen LogP contribution < -0.4 is 10.2 Å². The number of amides is 2. The molecule has 140 valence electrons. The Balaban J connectivity index is 2.01. The van der Waals surface area contributed by atoms with Crippen molar-refractivity contribution in [2.75, 3.05) is 18.0 Å². The standard InChI is InChI=1S/C21H24N4O2/c1-4-24(16-10-6-5-7-11-16)21(27)19-23-18(20(26)22-14-15(2)3)17-12-8-9-13-25(17)19/h5-13,15H,4,14H2,1-3H3,(H,22,26). The average Bonchev–Trinajstić information content (AvgIpc) is 3.07. The third-order valence-electron chi connectivity index (χ3n) is 4.25. The van der Waals surface area contributed by atoms with Gasteiger partial charge in [-0.05, 0) is 37.1 Å². The molecule has 0 aliphatic carbocycles. The zero-order valence-electron chi connectivity index (χ0n) is 15.8. The highest BCUT2D eigenvalue weighted by Crippen LogP contribution is 2.19. The Morgan fingerprint density at radius 2 is 1.81 bits per heavy atom. The van der Waals surface area contributed by atoms with E-state index in [9.17, 15) is 9.59 Å². The van der Waals surface area contributed by atoms with Crippen LogP contribution in [0.15, 0.2) is 54.7 Å². The van der Waals surface area contributed by atoms with E-state index in [1.165, 1.54) is 0 Å². The summed E-state index contributed by atoms with van der Waals surface area (Å²) in [4.78, 5) is 31.9. The molecule has 27 heavy (non-hydrogen) atoms. The van der Waals surface area contributed by atoms with Gasteiger partial charge in [-0.1, -0.05) is 38.1 Å². The van der Waals surface area contributed by atoms with E-state index >= 15 is 0 Å². The number of hydrogen-bond acceptors (Lipinski definition) is 3. The molecule has 2 aromatic heterocycles. The van der Waals surface area contributed by atoms with Gasteiger partial charge in [-0.2, -0.15) is 0 Å². The quantitative estimate of drug-likeness (QED) is 0.729. The van der Waals surface area contributed by atoms with Gasteiger partial charge in [0.15, 0.2) is 5.69 Å². The number of benzene rings is 1. The van der Waals surface area contributed by atoms with Crippen LogP contribution in [0.5, 0.6) is 0 Å². The maximum absolute atomic E-state index is 13.2. The summed E-state index contributed by atoms with van der Waals surface area (Å²) < 4.78 is 1.68. The average molecular weight is 364 g/mol. The van der Waals surface area contributed by atoms with Crippen LogP contribution in [0.1, 0.15) is 41.9 Å². The van der Waals surface area contributed by atoms with Crippen molar-refractivity contribution in [3.05, 3.63) is 66.2 Å². The van der Waals surface area contributed by atoms with Gasteiger partial charge in [0.05, 0.1) is 5.52 Å². The van der Waals surface area contributed by atoms with E-state index in [2.05, 4.69) is 10.3 Å². The van der Waals surface area contributed by atoms with Crippen molar-refractivity contribution in [1.29, 1.82) is 0 Å². The molecule has 0 aliphatic heterocycles. The lowest BCUT2D eigenvalue weighted by Crippen LogP contribution is -2.32. The van der Waals surface area contributed by atoms with Gasteiger partial charge in [0, 0.05) is 25.0 Å². The molecule has 3 aromatic rings. The highest BCUT2D eigenvalue weighted by atomic mass is 16.2. The van der Waals surface area contributed by atoms with E-state index in [0.29, 0.717) is 24.5 Å². The highest BCUT2D eigenvalue weighted by Gasteiger charge is 2.25. The van der Waals surface area contributed by atoms with Crippen molar-refractivity contribution in [1.82, 2.24) is 14.7 Å². The minimum Gasteiger partial charge on any atom is -0.350 e. The number of carbonyl (C=O) groups excluding carboxylic acids is 2. The Kier molecular flexibility index (Phi) is 5.54. The smallest absolute Gasteiger partial charge is 0.294 e. The third kappa shape index (κ3) is 3.84. The fourth-order valence-electron chi connectivity index (χ4n) is 2.91. The van der Waals surface area contributed by atoms with Crippen LogP contribution in [-0.2, 0) is 0 Å². The molecule has 0 saturated heterocycles. The summed E-state index contributed by atoms with van der Waals surface area (Å²) in [6.45, 7) is 7.02. The van der Waals surface area contributed by atoms with Gasteiger partial charge in [0.25, 0.3) is 11.8 Å². The summed E-state index contributed by atoms with van der Waals surface area (Å²) in [5.41, 5.74) is 1.68. The molecule has 3 rings (SSSR count). The van der Waals surface area contributed by atoms with Crippen molar-refractivity contribution in [2.24, 2.45) is 5.92 Å². The fourth-order valence-corrected chi connectivity index (χ4v) is 2.91. The molecule has 1 aromatic carbocycles. The first kappa shape index (κ1) is 18.6.